The number of nitrogens with one attached hydrogen (secondary N) is 1. The molecule has 2 heterocycles. The first-order valence-corrected chi connectivity index (χ1v) is 10.1. The van der Waals surface area contributed by atoms with Crippen molar-refractivity contribution in [2.24, 2.45) is 5.92 Å². The number of carbonyl (C=O) groups is 1. The molecule has 0 aromatic rings. The van der Waals surface area contributed by atoms with Crippen LogP contribution in [0.1, 0.15) is 51.4 Å². The maximum Gasteiger partial charge on any atom is 0.244 e. The number of hydrogen-bond donors (Lipinski definition) is 1. The molecule has 0 aromatic heterocycles. The average Bonchev–Trinajstić information content (AvgIpc) is 2.90. The molecule has 2 aliphatic heterocycles. The zero-order chi connectivity index (χ0) is 14.7. The van der Waals surface area contributed by atoms with Crippen LogP contribution in [0.3, 0.4) is 0 Å². The second kappa shape index (κ2) is 4.69. The molecule has 118 valence electrons. The summed E-state index contributed by atoms with van der Waals surface area (Å²) in [5.74, 6) is 1.15. The van der Waals surface area contributed by atoms with Gasteiger partial charge in [0.25, 0.3) is 0 Å². The van der Waals surface area contributed by atoms with E-state index in [4.69, 9.17) is 0 Å². The molecule has 4 aliphatic rings. The second-order valence-corrected chi connectivity index (χ2v) is 9.57. The number of rotatable bonds is 2. The van der Waals surface area contributed by atoms with Crippen molar-refractivity contribution in [1.29, 1.82) is 0 Å². The molecule has 2 aliphatic carbocycles. The zero-order valence-electron chi connectivity index (χ0n) is 12.4. The third-order valence-electron chi connectivity index (χ3n) is 5.80. The number of nitrogens with zero attached hydrogens (tertiary/aromatic N) is 1. The number of hydrogen-bond acceptors (Lipinski definition) is 4. The molecule has 1 N–H and O–H groups in total. The van der Waals surface area contributed by atoms with Crippen LogP contribution in [-0.2, 0) is 14.6 Å². The van der Waals surface area contributed by atoms with E-state index in [-0.39, 0.29) is 35.2 Å². The first kappa shape index (κ1) is 14.0. The molecule has 2 unspecified atom stereocenters. The minimum atomic E-state index is -2.98. The molecule has 2 saturated heterocycles. The third kappa shape index (κ3) is 2.31. The van der Waals surface area contributed by atoms with Gasteiger partial charge in [-0.25, -0.2) is 8.42 Å². The van der Waals surface area contributed by atoms with Crippen LogP contribution in [0.4, 0.5) is 0 Å². The van der Waals surface area contributed by atoms with Gasteiger partial charge in [-0.3, -0.25) is 10.1 Å². The molecule has 2 saturated carbocycles. The highest BCUT2D eigenvalue weighted by molar-refractivity contribution is 7.91. The van der Waals surface area contributed by atoms with Crippen LogP contribution in [0.25, 0.3) is 0 Å². The van der Waals surface area contributed by atoms with Crippen molar-refractivity contribution in [3.05, 3.63) is 0 Å². The van der Waals surface area contributed by atoms with Crippen LogP contribution in [0.5, 0.6) is 0 Å². The van der Waals surface area contributed by atoms with E-state index in [1.165, 1.54) is 12.8 Å². The van der Waals surface area contributed by atoms with Crippen LogP contribution in [0.15, 0.2) is 0 Å². The van der Waals surface area contributed by atoms with Gasteiger partial charge >= 0.3 is 0 Å². The number of carbonyl (C=O) groups excluding carboxylic acids is 1. The summed E-state index contributed by atoms with van der Waals surface area (Å²) in [5.41, 5.74) is -0.325. The smallest absolute Gasteiger partial charge is 0.244 e. The van der Waals surface area contributed by atoms with Gasteiger partial charge < -0.3 is 4.90 Å². The van der Waals surface area contributed by atoms with Crippen LogP contribution >= 0.6 is 0 Å². The molecular weight excluding hydrogens is 288 g/mol. The molecule has 1 amide bonds. The lowest BCUT2D eigenvalue weighted by molar-refractivity contribution is -0.133. The Morgan fingerprint density at radius 2 is 1.81 bits per heavy atom. The van der Waals surface area contributed by atoms with Gasteiger partial charge in [0.1, 0.15) is 0 Å². The standard InChI is InChI=1S/C15H24N2O3S/c18-14-15(7-8-15)16-13(11-4-1-2-5-11)17(14)12-6-3-9-21(19,20)10-12/h11-13,16H,1-10H2. The highest BCUT2D eigenvalue weighted by Gasteiger charge is 2.61. The largest absolute Gasteiger partial charge is 0.321 e. The molecule has 4 fully saturated rings. The van der Waals surface area contributed by atoms with Crippen molar-refractivity contribution in [1.82, 2.24) is 10.2 Å². The van der Waals surface area contributed by atoms with E-state index in [1.807, 2.05) is 4.90 Å². The van der Waals surface area contributed by atoms with E-state index < -0.39 is 9.84 Å². The lowest BCUT2D eigenvalue weighted by atomic mass is 10.0. The van der Waals surface area contributed by atoms with Gasteiger partial charge in [-0.2, -0.15) is 0 Å². The second-order valence-electron chi connectivity index (χ2n) is 7.34. The summed E-state index contributed by atoms with van der Waals surface area (Å²) >= 11 is 0. The number of sulfone groups is 1. The Labute approximate surface area is 126 Å². The topological polar surface area (TPSA) is 66.5 Å². The van der Waals surface area contributed by atoms with Crippen LogP contribution in [-0.4, -0.2) is 48.5 Å². The Hall–Kier alpha value is -0.620. The fraction of sp³-hybridized carbons (Fsp3) is 0.933. The molecule has 0 bridgehead atoms. The first-order chi connectivity index (χ1) is 10.0. The Kier molecular flexibility index (Phi) is 3.12. The van der Waals surface area contributed by atoms with E-state index in [0.29, 0.717) is 12.3 Å². The van der Waals surface area contributed by atoms with Gasteiger partial charge in [0.05, 0.1) is 23.2 Å². The monoisotopic (exact) mass is 312 g/mol. The lowest BCUT2D eigenvalue weighted by Crippen LogP contribution is -2.52. The fourth-order valence-electron chi connectivity index (χ4n) is 4.50. The molecule has 0 radical (unpaired) electrons. The fourth-order valence-corrected chi connectivity index (χ4v) is 6.19. The Morgan fingerprint density at radius 1 is 1.10 bits per heavy atom. The van der Waals surface area contributed by atoms with Crippen molar-refractivity contribution in [3.8, 4) is 0 Å². The quantitative estimate of drug-likeness (QED) is 0.827. The van der Waals surface area contributed by atoms with Gasteiger partial charge in [-0.05, 0) is 44.4 Å². The highest BCUT2D eigenvalue weighted by Crippen LogP contribution is 2.46. The summed E-state index contributed by atoms with van der Waals surface area (Å²) in [5, 5.41) is 3.59. The highest BCUT2D eigenvalue weighted by atomic mass is 32.2. The molecule has 5 nitrogen and oxygen atoms in total. The summed E-state index contributed by atoms with van der Waals surface area (Å²) in [4.78, 5) is 14.8. The molecule has 1 spiro atoms. The van der Waals surface area contributed by atoms with Gasteiger partial charge in [0.15, 0.2) is 9.84 Å². The summed E-state index contributed by atoms with van der Waals surface area (Å²) in [7, 11) is -2.98. The zero-order valence-corrected chi connectivity index (χ0v) is 13.2. The predicted molar refractivity (Wildman–Crippen MR) is 79.4 cm³/mol. The molecule has 21 heavy (non-hydrogen) atoms. The molecule has 4 rings (SSSR count). The Balaban J connectivity index is 1.61. The Bertz CT molecular complexity index is 549. The van der Waals surface area contributed by atoms with E-state index >= 15 is 0 Å². The summed E-state index contributed by atoms with van der Waals surface area (Å²) in [6, 6.07) is -0.102. The van der Waals surface area contributed by atoms with E-state index in [9.17, 15) is 13.2 Å². The summed E-state index contributed by atoms with van der Waals surface area (Å²) in [6.45, 7) is 0. The Morgan fingerprint density at radius 3 is 2.43 bits per heavy atom. The molecule has 2 atom stereocenters. The number of amides is 1. The van der Waals surface area contributed by atoms with Crippen LogP contribution in [0, 0.1) is 5.92 Å². The summed E-state index contributed by atoms with van der Waals surface area (Å²) in [6.07, 6.45) is 8.26. The first-order valence-electron chi connectivity index (χ1n) is 8.32. The van der Waals surface area contributed by atoms with E-state index in [0.717, 1.165) is 32.1 Å². The van der Waals surface area contributed by atoms with Gasteiger partial charge in [0.2, 0.25) is 5.91 Å². The van der Waals surface area contributed by atoms with Crippen LogP contribution in [0.2, 0.25) is 0 Å². The van der Waals surface area contributed by atoms with E-state index in [2.05, 4.69) is 5.32 Å². The lowest BCUT2D eigenvalue weighted by Gasteiger charge is -2.37. The van der Waals surface area contributed by atoms with Crippen LogP contribution < -0.4 is 5.32 Å². The van der Waals surface area contributed by atoms with Gasteiger partial charge in [0, 0.05) is 6.04 Å². The maximum atomic E-state index is 12.8. The normalized spacial score (nSPS) is 38.3. The van der Waals surface area contributed by atoms with Gasteiger partial charge in [-0.1, -0.05) is 12.8 Å². The molecular formula is C15H24N2O3S. The molecule has 6 heteroatoms. The SMILES string of the molecule is O=C1N(C2CCCS(=O)(=O)C2)C(C2CCCC2)NC12CC2. The van der Waals surface area contributed by atoms with Gasteiger partial charge in [-0.15, -0.1) is 0 Å². The minimum Gasteiger partial charge on any atom is -0.321 e. The van der Waals surface area contributed by atoms with Crippen molar-refractivity contribution in [3.63, 3.8) is 0 Å². The maximum absolute atomic E-state index is 12.8. The predicted octanol–water partition coefficient (Wildman–Crippen LogP) is 1.04. The van der Waals surface area contributed by atoms with E-state index in [1.54, 1.807) is 0 Å². The van der Waals surface area contributed by atoms with Crippen molar-refractivity contribution < 1.29 is 13.2 Å². The van der Waals surface area contributed by atoms with Crippen molar-refractivity contribution >= 4 is 15.7 Å². The summed E-state index contributed by atoms with van der Waals surface area (Å²) < 4.78 is 23.9. The average molecular weight is 312 g/mol. The third-order valence-corrected chi connectivity index (χ3v) is 7.60. The minimum absolute atomic E-state index is 0.0841. The van der Waals surface area contributed by atoms with Crippen molar-refractivity contribution in [2.75, 3.05) is 11.5 Å². The molecule has 0 aromatic carbocycles. The van der Waals surface area contributed by atoms with Crippen molar-refractivity contribution in [2.45, 2.75) is 69.1 Å².